The van der Waals surface area contributed by atoms with Gasteiger partial charge in [-0.05, 0) is 98.5 Å². The van der Waals surface area contributed by atoms with E-state index in [1.54, 1.807) is 28.4 Å². The molecule has 136 heavy (non-hydrogen) atoms. The van der Waals surface area contributed by atoms with Gasteiger partial charge in [-0.3, -0.25) is 0 Å². The number of ether oxygens (including phenoxy) is 20. The number of aromatic amines is 2. The van der Waals surface area contributed by atoms with Crippen LogP contribution in [0.2, 0.25) is 0 Å². The summed E-state index contributed by atoms with van der Waals surface area (Å²) >= 11 is 0. The summed E-state index contributed by atoms with van der Waals surface area (Å²) in [5.41, 5.74) is 9.41. The van der Waals surface area contributed by atoms with Gasteiger partial charge in [-0.25, -0.2) is 9.97 Å². The van der Waals surface area contributed by atoms with E-state index in [-0.39, 0.29) is 26.4 Å². The standard InChI is InChI=1S/C112H174N4O20/c1-9-13-17-21-25-29-33-37-41-45-49-129-105-77-89-93(81-109(105)133-73-69-125-65-61-121-57-53-117-5)101-86-98-91-79-107(131-51-47-43-39-35-31-27-23-19-15-11-3)111(135-75-71-127-67-63-123-59-55-119-7)83-95(91)103(115-98)88-100-92-80-108(132-52-48-44-40-36-32-28-24-20-16-12-4)112(136-76-72-128-68-64-124-60-56-120-8)84-96(92)104(116-100)87-99-90-78-106(130-50-46-42-38-34-30-26-22-18-14-10-2)110(82-94(90)102(114-99)85-97(89)113-101)134-74-70-126-66-62-122-58-54-118-6/h77-88,113,116H,9-76H2,1-8H3. The first kappa shape index (κ1) is 112. The minimum absolute atomic E-state index is 0.264. The number of H-pyrrole nitrogens is 2. The van der Waals surface area contributed by atoms with Gasteiger partial charge in [-0.15, -0.1) is 0 Å². The molecule has 2 N–H and O–H groups in total. The van der Waals surface area contributed by atoms with Crippen molar-refractivity contribution in [2.24, 2.45) is 0 Å². The summed E-state index contributed by atoms with van der Waals surface area (Å²) < 4.78 is 124. The Bertz CT molecular complexity index is 4120. The topological polar surface area (TPSA) is 242 Å². The van der Waals surface area contributed by atoms with Gasteiger partial charge in [0.25, 0.3) is 0 Å². The van der Waals surface area contributed by atoms with Crippen molar-refractivity contribution >= 4 is 43.6 Å². The first-order valence-electron chi connectivity index (χ1n) is 53.0. The van der Waals surface area contributed by atoms with Gasteiger partial charge in [0.05, 0.1) is 181 Å². The molecule has 0 spiro atoms. The number of hydrogen-bond acceptors (Lipinski definition) is 22. The van der Waals surface area contributed by atoms with Gasteiger partial charge in [0.1, 0.15) is 26.4 Å². The number of hydrogen-bond donors (Lipinski definition) is 2. The molecular weight excluding hydrogens is 1720 g/mol. The van der Waals surface area contributed by atoms with Crippen LogP contribution in [0.5, 0.6) is 46.0 Å². The molecule has 0 unspecified atom stereocenters. The normalized spacial score (nSPS) is 11.8. The molecule has 762 valence electrons. The van der Waals surface area contributed by atoms with E-state index in [0.29, 0.717) is 227 Å². The molecule has 2 aliphatic heterocycles. The molecular formula is C112H174N4O20. The minimum Gasteiger partial charge on any atom is -0.490 e. The minimum atomic E-state index is 0.264. The third-order valence-corrected chi connectivity index (χ3v) is 24.9. The lowest BCUT2D eigenvalue weighted by atomic mass is 10.0. The van der Waals surface area contributed by atoms with E-state index < -0.39 is 0 Å². The molecule has 3 aromatic heterocycles. The lowest BCUT2D eigenvalue weighted by molar-refractivity contribution is 0.0177. The molecule has 24 nitrogen and oxygen atoms in total. The number of nitrogens with one attached hydrogen (secondary N) is 2. The molecule has 0 aliphatic carbocycles. The Kier molecular flexibility index (Phi) is 59.2. The summed E-state index contributed by atoms with van der Waals surface area (Å²) in [6.45, 7) is 20.9. The maximum Gasteiger partial charge on any atom is 0.162 e. The molecule has 0 fully saturated rings. The first-order valence-corrected chi connectivity index (χ1v) is 53.0. The van der Waals surface area contributed by atoms with Gasteiger partial charge in [-0.2, -0.15) is 0 Å². The number of nitrogens with zero attached hydrogens (tertiary/aromatic N) is 2. The van der Waals surface area contributed by atoms with Crippen LogP contribution >= 0.6 is 0 Å². The fourth-order valence-corrected chi connectivity index (χ4v) is 17.2. The van der Waals surface area contributed by atoms with Crippen molar-refractivity contribution in [1.29, 1.82) is 0 Å². The maximum atomic E-state index is 7.00. The fourth-order valence-electron chi connectivity index (χ4n) is 17.2. The quantitative estimate of drug-likeness (QED) is 0.0337. The smallest absolute Gasteiger partial charge is 0.162 e. The Morgan fingerprint density at radius 1 is 0.169 bits per heavy atom. The second kappa shape index (κ2) is 71.8. The molecule has 24 heteroatoms. The van der Waals surface area contributed by atoms with Gasteiger partial charge in [0, 0.05) is 94.3 Å². The highest BCUT2D eigenvalue weighted by Crippen LogP contribution is 2.49. The molecule has 0 amide bonds. The van der Waals surface area contributed by atoms with E-state index in [9.17, 15) is 0 Å². The highest BCUT2D eigenvalue weighted by molar-refractivity contribution is 6.12. The lowest BCUT2D eigenvalue weighted by Gasteiger charge is -2.15. The summed E-state index contributed by atoms with van der Waals surface area (Å²) in [5, 5.41) is 3.55. The van der Waals surface area contributed by atoms with Crippen LogP contribution in [0.3, 0.4) is 0 Å². The summed E-state index contributed by atoms with van der Waals surface area (Å²) in [6, 6.07) is 25.6. The lowest BCUT2D eigenvalue weighted by Crippen LogP contribution is -2.12. The number of aromatic nitrogens is 4. The number of rotatable bonds is 88. The van der Waals surface area contributed by atoms with E-state index in [0.717, 1.165) is 143 Å². The van der Waals surface area contributed by atoms with Crippen LogP contribution in [0.15, 0.2) is 72.8 Å². The largest absolute Gasteiger partial charge is 0.490 e. The van der Waals surface area contributed by atoms with Crippen molar-refractivity contribution in [1.82, 2.24) is 19.9 Å². The summed E-state index contributed by atoms with van der Waals surface area (Å²) in [5.74, 6) is 4.87. The van der Waals surface area contributed by atoms with Crippen molar-refractivity contribution in [3.05, 3.63) is 72.8 Å². The molecule has 7 aromatic rings. The second-order valence-electron chi connectivity index (χ2n) is 36.0. The molecule has 0 saturated carbocycles. The van der Waals surface area contributed by atoms with E-state index in [1.807, 2.05) is 0 Å². The SMILES string of the molecule is CCCCCCCCCCCCOc1cc2c(cc1OCCOCCOCCOC)-c1cc3[nH]c(cc4nc(cc5[nH]c(cc-2n1)c1cc(OCCOCCOCCOC)c(OCCCCCCCCCCCC)cc51)-c1cc(OCCOCCOCCOC)c(OCCCCCCCCCCCC)cc1-4)c1cc(OCCOCCOCCOC)c(OCCCCCCCCCCCC)cc31. The van der Waals surface area contributed by atoms with E-state index in [1.165, 1.54) is 180 Å². The van der Waals surface area contributed by atoms with E-state index in [4.69, 9.17) is 105 Å². The van der Waals surface area contributed by atoms with Crippen LogP contribution in [-0.4, -0.2) is 233 Å². The average Bonchev–Trinajstić information content (AvgIpc) is 1.59. The molecule has 0 saturated heterocycles. The zero-order valence-corrected chi connectivity index (χ0v) is 85.1. The summed E-state index contributed by atoms with van der Waals surface area (Å²) in [6.07, 6.45) is 48.2. The fraction of sp³-hybridized carbons (Fsp3) is 0.679. The Labute approximate surface area is 815 Å². The zero-order valence-electron chi connectivity index (χ0n) is 85.1. The Hall–Kier alpha value is -7.56. The molecule has 8 bridgehead atoms. The highest BCUT2D eigenvalue weighted by Gasteiger charge is 2.27. The van der Waals surface area contributed by atoms with Crippen LogP contribution in [0.1, 0.15) is 285 Å². The summed E-state index contributed by atoms with van der Waals surface area (Å²) in [4.78, 5) is 19.6. The van der Waals surface area contributed by atoms with Crippen LogP contribution in [0.4, 0.5) is 0 Å². The molecule has 0 atom stereocenters. The monoisotopic (exact) mass is 1900 g/mol. The Morgan fingerprint density at radius 3 is 0.507 bits per heavy atom. The van der Waals surface area contributed by atoms with Crippen LogP contribution in [-0.2, 0) is 56.8 Å². The van der Waals surface area contributed by atoms with Crippen molar-refractivity contribution in [3.63, 3.8) is 0 Å². The van der Waals surface area contributed by atoms with Crippen LogP contribution in [0.25, 0.3) is 88.6 Å². The van der Waals surface area contributed by atoms with Crippen molar-refractivity contribution < 1.29 is 94.7 Å². The third kappa shape index (κ3) is 42.5. The Balaban J connectivity index is 1.26. The van der Waals surface area contributed by atoms with Crippen LogP contribution < -0.4 is 37.9 Å². The maximum absolute atomic E-state index is 7.00. The predicted molar refractivity (Wildman–Crippen MR) is 550 cm³/mol. The van der Waals surface area contributed by atoms with Crippen molar-refractivity contribution in [2.45, 2.75) is 285 Å². The van der Waals surface area contributed by atoms with Crippen molar-refractivity contribution in [2.75, 3.05) is 213 Å². The number of methoxy groups -OCH3 is 4. The molecule has 2 aliphatic rings. The van der Waals surface area contributed by atoms with Gasteiger partial charge in [0.15, 0.2) is 46.0 Å². The number of benzene rings is 4. The van der Waals surface area contributed by atoms with Gasteiger partial charge in [0.2, 0.25) is 0 Å². The van der Waals surface area contributed by atoms with Crippen LogP contribution in [0, 0.1) is 0 Å². The first-order chi connectivity index (χ1) is 67.3. The van der Waals surface area contributed by atoms with Crippen molar-refractivity contribution in [3.8, 4) is 91.0 Å². The Morgan fingerprint density at radius 2 is 0.324 bits per heavy atom. The molecule has 4 aromatic carbocycles. The number of unbranched alkanes of at least 4 members (excludes halogenated alkanes) is 36. The zero-order chi connectivity index (χ0) is 95.4. The third-order valence-electron chi connectivity index (χ3n) is 24.9. The van der Waals surface area contributed by atoms with Gasteiger partial charge < -0.3 is 105 Å². The second-order valence-corrected chi connectivity index (χ2v) is 36.0. The van der Waals surface area contributed by atoms with Gasteiger partial charge >= 0.3 is 0 Å². The molecule has 5 heterocycles. The average molecular weight is 1900 g/mol. The van der Waals surface area contributed by atoms with Gasteiger partial charge in [-0.1, -0.05) is 259 Å². The predicted octanol–water partition coefficient (Wildman–Crippen LogP) is 26.7. The summed E-state index contributed by atoms with van der Waals surface area (Å²) in [7, 11) is 6.69. The van der Waals surface area contributed by atoms with E-state index in [2.05, 4.69) is 110 Å². The molecule has 9 rings (SSSR count). The number of fused-ring (bicyclic) bond motifs is 20. The molecule has 0 radical (unpaired) electrons. The highest BCUT2D eigenvalue weighted by atomic mass is 16.6. The van der Waals surface area contributed by atoms with E-state index >= 15 is 0 Å².